The van der Waals surface area contributed by atoms with Crippen LogP contribution >= 0.6 is 0 Å². The van der Waals surface area contributed by atoms with Gasteiger partial charge in [-0.05, 0) is 0 Å². The van der Waals surface area contributed by atoms with Crippen LogP contribution in [0.15, 0.2) is 6.20 Å². The summed E-state index contributed by atoms with van der Waals surface area (Å²) >= 11 is 0. The second kappa shape index (κ2) is 5.74. The topological polar surface area (TPSA) is 100 Å². The number of rotatable bonds is 4. The molecule has 6 nitrogen and oxygen atoms in total. The van der Waals surface area contributed by atoms with Gasteiger partial charge < -0.3 is 20.9 Å². The number of nitrogen functional groups attached to an aromatic ring is 1. The van der Waals surface area contributed by atoms with Gasteiger partial charge >= 0.3 is 12.3 Å². The highest BCUT2D eigenvalue weighted by Crippen LogP contribution is 2.32. The van der Waals surface area contributed by atoms with Crippen molar-refractivity contribution in [3.63, 3.8) is 0 Å². The summed E-state index contributed by atoms with van der Waals surface area (Å²) in [4.78, 5) is 14.8. The molecule has 0 saturated heterocycles. The summed E-state index contributed by atoms with van der Waals surface area (Å²) in [5.74, 6) is -1.52. The molecule has 9 heteroatoms. The number of halogens is 3. The van der Waals surface area contributed by atoms with Crippen molar-refractivity contribution in [1.29, 1.82) is 0 Å². The van der Waals surface area contributed by atoms with Gasteiger partial charge in [-0.2, -0.15) is 0 Å². The van der Waals surface area contributed by atoms with E-state index in [9.17, 15) is 18.0 Å². The van der Waals surface area contributed by atoms with Gasteiger partial charge in [0.15, 0.2) is 0 Å². The number of nitrogens with two attached hydrogens (primary N) is 2. The highest BCUT2D eigenvalue weighted by molar-refractivity contribution is 5.74. The second-order valence-corrected chi connectivity index (χ2v) is 3.48. The molecule has 0 atom stereocenters. The lowest BCUT2D eigenvalue weighted by atomic mass is 10.1. The Bertz CT molecular complexity index is 477. The molecule has 0 aromatic carbocycles. The smallest absolute Gasteiger partial charge is 0.469 e. The summed E-state index contributed by atoms with van der Waals surface area (Å²) < 4.78 is 45.3. The predicted octanol–water partition coefficient (Wildman–Crippen LogP) is 0.737. The molecule has 106 valence electrons. The number of pyridine rings is 1. The number of esters is 1. The summed E-state index contributed by atoms with van der Waals surface area (Å²) in [6.45, 7) is -0.306. The molecule has 1 aromatic heterocycles. The number of nitrogens with zero attached hydrogens (tertiary/aromatic N) is 1. The number of aromatic nitrogens is 1. The fourth-order valence-corrected chi connectivity index (χ4v) is 1.39. The lowest BCUT2D eigenvalue weighted by molar-refractivity contribution is -0.275. The molecular weight excluding hydrogens is 267 g/mol. The van der Waals surface area contributed by atoms with Crippen molar-refractivity contribution in [3.8, 4) is 5.75 Å². The molecule has 0 unspecified atom stereocenters. The largest absolute Gasteiger partial charge is 0.573 e. The van der Waals surface area contributed by atoms with E-state index in [-0.39, 0.29) is 23.5 Å². The Morgan fingerprint density at radius 1 is 1.47 bits per heavy atom. The Morgan fingerprint density at radius 2 is 2.11 bits per heavy atom. The SMILES string of the molecule is COC(=O)Cc1cnc(N)c(CN)c1OC(F)(F)F. The van der Waals surface area contributed by atoms with Gasteiger partial charge in [-0.25, -0.2) is 4.98 Å². The first-order valence-electron chi connectivity index (χ1n) is 5.07. The highest BCUT2D eigenvalue weighted by Gasteiger charge is 2.34. The number of hydrogen-bond acceptors (Lipinski definition) is 6. The van der Waals surface area contributed by atoms with Crippen LogP contribution in [0, 0.1) is 0 Å². The Kier molecular flexibility index (Phi) is 4.54. The van der Waals surface area contributed by atoms with Gasteiger partial charge in [-0.1, -0.05) is 0 Å². The van der Waals surface area contributed by atoms with Crippen LogP contribution in [-0.4, -0.2) is 24.4 Å². The Balaban J connectivity index is 3.25. The predicted molar refractivity (Wildman–Crippen MR) is 58.9 cm³/mol. The summed E-state index contributed by atoms with van der Waals surface area (Å²) in [6.07, 6.45) is -4.34. The molecule has 0 radical (unpaired) electrons. The minimum absolute atomic E-state index is 0.0983. The first kappa shape index (κ1) is 15.0. The van der Waals surface area contributed by atoms with Gasteiger partial charge in [0.1, 0.15) is 11.6 Å². The van der Waals surface area contributed by atoms with Gasteiger partial charge in [-0.3, -0.25) is 4.79 Å². The zero-order chi connectivity index (χ0) is 14.6. The number of methoxy groups -OCH3 is 1. The van der Waals surface area contributed by atoms with E-state index in [4.69, 9.17) is 11.5 Å². The lowest BCUT2D eigenvalue weighted by Crippen LogP contribution is -2.21. The minimum atomic E-state index is -4.93. The molecule has 4 N–H and O–H groups in total. The number of hydrogen-bond donors (Lipinski definition) is 2. The van der Waals surface area contributed by atoms with Crippen LogP contribution in [0.5, 0.6) is 5.75 Å². The minimum Gasteiger partial charge on any atom is -0.469 e. The molecule has 0 aliphatic heterocycles. The van der Waals surface area contributed by atoms with Crippen LogP contribution in [0.2, 0.25) is 0 Å². The number of ether oxygens (including phenoxy) is 2. The molecule has 0 spiro atoms. The fraction of sp³-hybridized carbons (Fsp3) is 0.400. The van der Waals surface area contributed by atoms with Crippen LogP contribution in [0.25, 0.3) is 0 Å². The second-order valence-electron chi connectivity index (χ2n) is 3.48. The maximum absolute atomic E-state index is 12.3. The van der Waals surface area contributed by atoms with Crippen molar-refractivity contribution in [3.05, 3.63) is 17.3 Å². The third-order valence-corrected chi connectivity index (χ3v) is 2.22. The van der Waals surface area contributed by atoms with Crippen molar-refractivity contribution in [2.24, 2.45) is 5.73 Å². The molecule has 0 bridgehead atoms. The Labute approximate surface area is 106 Å². The summed E-state index contributed by atoms with van der Waals surface area (Å²) in [7, 11) is 1.11. The first-order chi connectivity index (χ1) is 8.78. The first-order valence-corrected chi connectivity index (χ1v) is 5.07. The molecule has 1 rings (SSSR count). The van der Waals surface area contributed by atoms with Crippen LogP contribution in [0.3, 0.4) is 0 Å². The normalized spacial score (nSPS) is 11.2. The molecule has 0 aliphatic rings. The van der Waals surface area contributed by atoms with E-state index in [1.165, 1.54) is 0 Å². The molecule has 0 amide bonds. The maximum Gasteiger partial charge on any atom is 0.573 e. The third kappa shape index (κ3) is 3.98. The monoisotopic (exact) mass is 279 g/mol. The molecular formula is C10H12F3N3O3. The zero-order valence-corrected chi connectivity index (χ0v) is 9.95. The van der Waals surface area contributed by atoms with Gasteiger partial charge in [0.2, 0.25) is 0 Å². The van der Waals surface area contributed by atoms with Crippen LogP contribution in [0.4, 0.5) is 19.0 Å². The summed E-state index contributed by atoms with van der Waals surface area (Å²) in [5, 5.41) is 0. The summed E-state index contributed by atoms with van der Waals surface area (Å²) in [6, 6.07) is 0. The molecule has 1 heterocycles. The standard InChI is InChI=1S/C10H12F3N3O3/c1-18-7(17)2-5-4-16-9(15)6(3-14)8(5)19-10(11,12)13/h4H,2-3,14H2,1H3,(H2,15,16). The highest BCUT2D eigenvalue weighted by atomic mass is 19.4. The maximum atomic E-state index is 12.3. The van der Waals surface area contributed by atoms with Gasteiger partial charge in [0.05, 0.1) is 19.1 Å². The quantitative estimate of drug-likeness (QED) is 0.788. The molecule has 19 heavy (non-hydrogen) atoms. The van der Waals surface area contributed by atoms with Crippen LogP contribution in [-0.2, 0) is 22.5 Å². The van der Waals surface area contributed by atoms with Crippen molar-refractivity contribution in [2.75, 3.05) is 12.8 Å². The number of carbonyl (C=O) groups excluding carboxylic acids is 1. The molecule has 1 aromatic rings. The van der Waals surface area contributed by atoms with E-state index in [0.29, 0.717) is 0 Å². The fourth-order valence-electron chi connectivity index (χ4n) is 1.39. The van der Waals surface area contributed by atoms with Gasteiger partial charge in [-0.15, -0.1) is 13.2 Å². The number of anilines is 1. The van der Waals surface area contributed by atoms with Crippen molar-refractivity contribution in [1.82, 2.24) is 4.98 Å². The zero-order valence-electron chi connectivity index (χ0n) is 9.95. The van der Waals surface area contributed by atoms with Crippen molar-refractivity contribution >= 4 is 11.8 Å². The molecule has 0 aliphatic carbocycles. The molecule has 0 fully saturated rings. The van der Waals surface area contributed by atoms with E-state index < -0.39 is 24.5 Å². The summed E-state index contributed by atoms with van der Waals surface area (Å²) in [5.41, 5.74) is 10.5. The van der Waals surface area contributed by atoms with E-state index >= 15 is 0 Å². The Hall–Kier alpha value is -2.03. The molecule has 0 saturated carbocycles. The van der Waals surface area contributed by atoms with E-state index in [1.807, 2.05) is 0 Å². The lowest BCUT2D eigenvalue weighted by Gasteiger charge is -2.17. The van der Waals surface area contributed by atoms with Gasteiger partial charge in [0.25, 0.3) is 0 Å². The average molecular weight is 279 g/mol. The van der Waals surface area contributed by atoms with Crippen molar-refractivity contribution in [2.45, 2.75) is 19.3 Å². The average Bonchev–Trinajstić information content (AvgIpc) is 2.31. The van der Waals surface area contributed by atoms with E-state index in [1.54, 1.807) is 0 Å². The Morgan fingerprint density at radius 3 is 2.58 bits per heavy atom. The van der Waals surface area contributed by atoms with Gasteiger partial charge in [0, 0.05) is 18.3 Å². The third-order valence-electron chi connectivity index (χ3n) is 2.22. The van der Waals surface area contributed by atoms with Crippen LogP contribution in [0.1, 0.15) is 11.1 Å². The van der Waals surface area contributed by atoms with Crippen LogP contribution < -0.4 is 16.2 Å². The van der Waals surface area contributed by atoms with E-state index in [0.717, 1.165) is 13.3 Å². The number of alkyl halides is 3. The number of carbonyl (C=O) groups is 1. The van der Waals surface area contributed by atoms with E-state index in [2.05, 4.69) is 14.5 Å². The van der Waals surface area contributed by atoms with Crippen molar-refractivity contribution < 1.29 is 27.4 Å².